The van der Waals surface area contributed by atoms with Crippen molar-refractivity contribution in [2.45, 2.75) is 33.1 Å². The zero-order valence-electron chi connectivity index (χ0n) is 11.4. The minimum Gasteiger partial charge on any atom is -0.342 e. The van der Waals surface area contributed by atoms with Crippen LogP contribution in [0.2, 0.25) is 0 Å². The van der Waals surface area contributed by atoms with Gasteiger partial charge in [-0.15, -0.1) is 11.6 Å². The van der Waals surface area contributed by atoms with Gasteiger partial charge >= 0.3 is 0 Å². The lowest BCUT2D eigenvalue weighted by Gasteiger charge is -2.18. The highest BCUT2D eigenvalue weighted by Crippen LogP contribution is 2.10. The third-order valence-electron chi connectivity index (χ3n) is 2.93. The zero-order chi connectivity index (χ0) is 13.5. The van der Waals surface area contributed by atoms with E-state index in [1.54, 1.807) is 4.90 Å². The molecule has 3 nitrogen and oxygen atoms in total. The summed E-state index contributed by atoms with van der Waals surface area (Å²) >= 11 is 5.62. The second-order valence-electron chi connectivity index (χ2n) is 4.56. The fourth-order valence-corrected chi connectivity index (χ4v) is 2.03. The first-order chi connectivity index (χ1) is 8.56. The van der Waals surface area contributed by atoms with Crippen molar-refractivity contribution < 1.29 is 4.79 Å². The maximum atomic E-state index is 12.2. The molecule has 0 fully saturated rings. The predicted octanol–water partition coefficient (Wildman–Crippen LogP) is 3.18. The summed E-state index contributed by atoms with van der Waals surface area (Å²) in [7, 11) is 1.84. The molecule has 0 N–H and O–H groups in total. The van der Waals surface area contributed by atoms with Crippen LogP contribution in [0, 0.1) is 13.8 Å². The number of carbonyl (C=O) groups is 1. The van der Waals surface area contributed by atoms with Gasteiger partial charge in [0.1, 0.15) is 0 Å². The molecule has 0 aliphatic rings. The molecule has 0 aliphatic heterocycles. The van der Waals surface area contributed by atoms with E-state index < -0.39 is 0 Å². The normalized spacial score (nSPS) is 10.4. The van der Waals surface area contributed by atoms with Gasteiger partial charge in [-0.2, -0.15) is 0 Å². The van der Waals surface area contributed by atoms with Crippen molar-refractivity contribution in [1.82, 2.24) is 9.88 Å². The molecule has 0 aliphatic carbocycles. The van der Waals surface area contributed by atoms with Gasteiger partial charge in [-0.1, -0.05) is 6.42 Å². The van der Waals surface area contributed by atoms with E-state index in [1.807, 2.05) is 33.0 Å². The Labute approximate surface area is 114 Å². The standard InChI is InChI=1S/C14H21ClN2O/c1-11-7-8-13(12(2)16-11)14(18)17(3)10-6-4-5-9-15/h7-8H,4-6,9-10H2,1-3H3. The summed E-state index contributed by atoms with van der Waals surface area (Å²) in [4.78, 5) is 18.3. The van der Waals surface area contributed by atoms with E-state index >= 15 is 0 Å². The van der Waals surface area contributed by atoms with Gasteiger partial charge in [0.2, 0.25) is 0 Å². The van der Waals surface area contributed by atoms with Gasteiger partial charge in [0, 0.05) is 25.2 Å². The van der Waals surface area contributed by atoms with Crippen LogP contribution in [0.3, 0.4) is 0 Å². The van der Waals surface area contributed by atoms with Crippen molar-refractivity contribution in [1.29, 1.82) is 0 Å². The molecule has 100 valence electrons. The molecule has 0 aromatic carbocycles. The first-order valence-electron chi connectivity index (χ1n) is 6.32. The Morgan fingerprint density at radius 2 is 2.00 bits per heavy atom. The highest BCUT2D eigenvalue weighted by Gasteiger charge is 2.14. The summed E-state index contributed by atoms with van der Waals surface area (Å²) in [6, 6.07) is 3.73. The Kier molecular flexibility index (Phi) is 6.13. The number of alkyl halides is 1. The molecule has 1 amide bonds. The quantitative estimate of drug-likeness (QED) is 0.586. The van der Waals surface area contributed by atoms with E-state index in [9.17, 15) is 4.79 Å². The maximum Gasteiger partial charge on any atom is 0.255 e. The highest BCUT2D eigenvalue weighted by atomic mass is 35.5. The number of halogens is 1. The van der Waals surface area contributed by atoms with E-state index in [2.05, 4.69) is 4.98 Å². The summed E-state index contributed by atoms with van der Waals surface area (Å²) in [5, 5.41) is 0. The van der Waals surface area contributed by atoms with Crippen LogP contribution in [0.15, 0.2) is 12.1 Å². The molecule has 1 aromatic heterocycles. The van der Waals surface area contributed by atoms with Gasteiger partial charge in [0.05, 0.1) is 11.3 Å². The topological polar surface area (TPSA) is 33.2 Å². The first kappa shape index (κ1) is 15.0. The molecule has 0 atom stereocenters. The van der Waals surface area contributed by atoms with Crippen LogP contribution >= 0.6 is 11.6 Å². The minimum atomic E-state index is 0.0471. The largest absolute Gasteiger partial charge is 0.342 e. The Morgan fingerprint density at radius 3 is 2.61 bits per heavy atom. The van der Waals surface area contributed by atoms with Crippen molar-refractivity contribution in [2.24, 2.45) is 0 Å². The molecule has 0 saturated carbocycles. The van der Waals surface area contributed by atoms with E-state index in [0.29, 0.717) is 11.4 Å². The Hall–Kier alpha value is -1.09. The lowest BCUT2D eigenvalue weighted by molar-refractivity contribution is 0.0791. The van der Waals surface area contributed by atoms with Gasteiger partial charge in [-0.05, 0) is 38.8 Å². The number of pyridine rings is 1. The molecular weight excluding hydrogens is 248 g/mol. The van der Waals surface area contributed by atoms with Crippen molar-refractivity contribution in [3.05, 3.63) is 29.1 Å². The van der Waals surface area contributed by atoms with Crippen molar-refractivity contribution in [3.63, 3.8) is 0 Å². The van der Waals surface area contributed by atoms with Crippen molar-refractivity contribution in [2.75, 3.05) is 19.5 Å². The molecule has 0 bridgehead atoms. The lowest BCUT2D eigenvalue weighted by Crippen LogP contribution is -2.28. The van der Waals surface area contributed by atoms with Gasteiger partial charge < -0.3 is 4.90 Å². The fourth-order valence-electron chi connectivity index (χ4n) is 1.84. The van der Waals surface area contributed by atoms with Crippen molar-refractivity contribution in [3.8, 4) is 0 Å². The monoisotopic (exact) mass is 268 g/mol. The van der Waals surface area contributed by atoms with Crippen molar-refractivity contribution >= 4 is 17.5 Å². The summed E-state index contributed by atoms with van der Waals surface area (Å²) in [5.74, 6) is 0.740. The average molecular weight is 269 g/mol. The van der Waals surface area contributed by atoms with Crippen LogP contribution in [0.5, 0.6) is 0 Å². The lowest BCUT2D eigenvalue weighted by atomic mass is 10.1. The number of unbranched alkanes of at least 4 members (excludes halogenated alkanes) is 2. The summed E-state index contributed by atoms with van der Waals surface area (Å²) in [5.41, 5.74) is 2.43. The summed E-state index contributed by atoms with van der Waals surface area (Å²) in [6.45, 7) is 4.57. The molecule has 0 saturated heterocycles. The molecule has 0 radical (unpaired) electrons. The fraction of sp³-hybridized carbons (Fsp3) is 0.571. The SMILES string of the molecule is Cc1ccc(C(=O)N(C)CCCCCCl)c(C)n1. The van der Waals surface area contributed by atoms with E-state index in [1.165, 1.54) is 0 Å². The number of hydrogen-bond donors (Lipinski definition) is 0. The van der Waals surface area contributed by atoms with E-state index in [4.69, 9.17) is 11.6 Å². The summed E-state index contributed by atoms with van der Waals surface area (Å²) < 4.78 is 0. The second-order valence-corrected chi connectivity index (χ2v) is 4.94. The molecule has 18 heavy (non-hydrogen) atoms. The zero-order valence-corrected chi connectivity index (χ0v) is 12.1. The molecule has 0 spiro atoms. The molecule has 0 unspecified atom stereocenters. The molecule has 1 rings (SSSR count). The summed E-state index contributed by atoms with van der Waals surface area (Å²) in [6.07, 6.45) is 3.06. The van der Waals surface area contributed by atoms with E-state index in [0.717, 1.165) is 37.2 Å². The smallest absolute Gasteiger partial charge is 0.255 e. The Bertz CT molecular complexity index is 407. The number of aryl methyl sites for hydroxylation is 2. The number of rotatable bonds is 6. The van der Waals surface area contributed by atoms with Crippen LogP contribution < -0.4 is 0 Å². The average Bonchev–Trinajstić information content (AvgIpc) is 2.33. The number of hydrogen-bond acceptors (Lipinski definition) is 2. The maximum absolute atomic E-state index is 12.2. The molecule has 4 heteroatoms. The minimum absolute atomic E-state index is 0.0471. The third-order valence-corrected chi connectivity index (χ3v) is 3.20. The number of nitrogens with zero attached hydrogens (tertiary/aromatic N) is 2. The number of amides is 1. The molecule has 1 heterocycles. The van der Waals surface area contributed by atoms with Crippen LogP contribution in [0.25, 0.3) is 0 Å². The Morgan fingerprint density at radius 1 is 1.28 bits per heavy atom. The van der Waals surface area contributed by atoms with Gasteiger partial charge in [-0.25, -0.2) is 0 Å². The van der Waals surface area contributed by atoms with Crippen LogP contribution in [-0.4, -0.2) is 35.3 Å². The van der Waals surface area contributed by atoms with Crippen LogP contribution in [-0.2, 0) is 0 Å². The second kappa shape index (κ2) is 7.37. The van der Waals surface area contributed by atoms with Gasteiger partial charge in [0.15, 0.2) is 0 Å². The molecule has 1 aromatic rings. The highest BCUT2D eigenvalue weighted by molar-refractivity contribution is 6.17. The number of carbonyl (C=O) groups excluding carboxylic acids is 1. The van der Waals surface area contributed by atoms with Crippen LogP contribution in [0.1, 0.15) is 41.0 Å². The Balaban J connectivity index is 2.57. The van der Waals surface area contributed by atoms with Crippen LogP contribution in [0.4, 0.5) is 0 Å². The van der Waals surface area contributed by atoms with Gasteiger partial charge in [-0.3, -0.25) is 9.78 Å². The van der Waals surface area contributed by atoms with E-state index in [-0.39, 0.29) is 5.91 Å². The predicted molar refractivity (Wildman–Crippen MR) is 75.2 cm³/mol. The third kappa shape index (κ3) is 4.30. The molecular formula is C14H21ClN2O. The first-order valence-corrected chi connectivity index (χ1v) is 6.85. The number of aromatic nitrogens is 1. The van der Waals surface area contributed by atoms with Gasteiger partial charge in [0.25, 0.3) is 5.91 Å².